The van der Waals surface area contributed by atoms with Gasteiger partial charge in [-0.05, 0) is 12.1 Å². The third-order valence-corrected chi connectivity index (χ3v) is 3.20. The normalized spacial score (nSPS) is 12.6. The molecule has 0 saturated heterocycles. The van der Waals surface area contributed by atoms with Crippen LogP contribution in [-0.4, -0.2) is 21.0 Å². The highest BCUT2D eigenvalue weighted by atomic mass is 32.1. The van der Waals surface area contributed by atoms with E-state index in [4.69, 9.17) is 5.11 Å². The van der Waals surface area contributed by atoms with Crippen LogP contribution in [-0.2, 0) is 11.2 Å². The Labute approximate surface area is 97.0 Å². The number of H-pyrrole nitrogens is 1. The molecule has 4 nitrogen and oxygen atoms in total. The average molecular weight is 236 g/mol. The number of thiazole rings is 1. The lowest BCUT2D eigenvalue weighted by Crippen LogP contribution is -2.11. The Bertz CT molecular complexity index is 476. The number of nitrogens with one attached hydrogen (secondary N) is 1. The smallest absolute Gasteiger partial charge is 0.306 e. The predicted octanol–water partition coefficient (Wildman–Crippen LogP) is 2.40. The van der Waals surface area contributed by atoms with Gasteiger partial charge in [0.25, 0.3) is 0 Å². The number of hydrogen-bond donors (Lipinski definition) is 2. The second-order valence-electron chi connectivity index (χ2n) is 3.65. The molecule has 2 rings (SSSR count). The van der Waals surface area contributed by atoms with Crippen molar-refractivity contribution in [1.29, 1.82) is 0 Å². The molecule has 2 aromatic rings. The Morgan fingerprint density at radius 1 is 1.69 bits per heavy atom. The fourth-order valence-electron chi connectivity index (χ4n) is 1.37. The molecular weight excluding hydrogens is 224 g/mol. The highest BCUT2D eigenvalue weighted by molar-refractivity contribution is 7.09. The molecule has 2 aromatic heterocycles. The van der Waals surface area contributed by atoms with Gasteiger partial charge in [-0.15, -0.1) is 11.3 Å². The van der Waals surface area contributed by atoms with Gasteiger partial charge in [0.1, 0.15) is 0 Å². The Morgan fingerprint density at radius 2 is 2.50 bits per heavy atom. The summed E-state index contributed by atoms with van der Waals surface area (Å²) < 4.78 is 0. The third-order valence-electron chi connectivity index (χ3n) is 2.33. The third kappa shape index (κ3) is 2.30. The first-order chi connectivity index (χ1) is 7.66. The van der Waals surface area contributed by atoms with E-state index in [2.05, 4.69) is 9.97 Å². The van der Waals surface area contributed by atoms with Crippen molar-refractivity contribution >= 4 is 17.3 Å². The van der Waals surface area contributed by atoms with Gasteiger partial charge in [0, 0.05) is 18.0 Å². The number of carboxylic acid groups (broad SMARTS) is 1. The molecule has 0 spiro atoms. The lowest BCUT2D eigenvalue weighted by Gasteiger charge is -2.01. The summed E-state index contributed by atoms with van der Waals surface area (Å²) in [4.78, 5) is 18.2. The maximum atomic E-state index is 10.7. The molecule has 0 bridgehead atoms. The first-order valence-electron chi connectivity index (χ1n) is 4.98. The number of carbonyl (C=O) groups is 1. The number of aromatic amines is 1. The van der Waals surface area contributed by atoms with Crippen LogP contribution in [0.25, 0.3) is 11.4 Å². The standard InChI is InChI=1S/C11H12N2O2S/c1-7(11(14)15)5-10-13-9(6-16-10)8-3-2-4-12-8/h2-4,6-7,12H,5H2,1H3,(H,14,15). The van der Waals surface area contributed by atoms with Gasteiger partial charge in [0.2, 0.25) is 0 Å². The Balaban J connectivity index is 2.11. The van der Waals surface area contributed by atoms with E-state index in [0.717, 1.165) is 16.4 Å². The van der Waals surface area contributed by atoms with Crippen LogP contribution in [0.3, 0.4) is 0 Å². The van der Waals surface area contributed by atoms with Gasteiger partial charge in [-0.2, -0.15) is 0 Å². The second kappa shape index (κ2) is 4.49. The molecule has 2 heterocycles. The molecule has 5 heteroatoms. The molecule has 84 valence electrons. The molecule has 0 aliphatic carbocycles. The minimum absolute atomic E-state index is 0.386. The maximum absolute atomic E-state index is 10.7. The topological polar surface area (TPSA) is 66.0 Å². The first kappa shape index (κ1) is 10.9. The Kier molecular flexibility index (Phi) is 3.05. The van der Waals surface area contributed by atoms with E-state index in [0.29, 0.717) is 6.42 Å². The van der Waals surface area contributed by atoms with Gasteiger partial charge in [0.15, 0.2) is 0 Å². The van der Waals surface area contributed by atoms with Gasteiger partial charge in [-0.3, -0.25) is 4.79 Å². The SMILES string of the molecule is CC(Cc1nc(-c2ccc[nH]2)cs1)C(=O)O. The molecule has 0 amide bonds. The molecular formula is C11H12N2O2S. The van der Waals surface area contributed by atoms with E-state index < -0.39 is 5.97 Å². The van der Waals surface area contributed by atoms with E-state index in [9.17, 15) is 4.79 Å². The zero-order valence-electron chi connectivity index (χ0n) is 8.80. The van der Waals surface area contributed by atoms with Crippen molar-refractivity contribution in [3.63, 3.8) is 0 Å². The summed E-state index contributed by atoms with van der Waals surface area (Å²) in [6.07, 6.45) is 2.33. The molecule has 1 atom stereocenters. The summed E-state index contributed by atoms with van der Waals surface area (Å²) in [5, 5.41) is 11.6. The quantitative estimate of drug-likeness (QED) is 0.856. The van der Waals surface area contributed by atoms with E-state index in [1.165, 1.54) is 11.3 Å². The van der Waals surface area contributed by atoms with Crippen LogP contribution in [0.2, 0.25) is 0 Å². The minimum Gasteiger partial charge on any atom is -0.481 e. The van der Waals surface area contributed by atoms with E-state index in [1.54, 1.807) is 6.92 Å². The van der Waals surface area contributed by atoms with Crippen LogP contribution < -0.4 is 0 Å². The van der Waals surface area contributed by atoms with Crippen LogP contribution >= 0.6 is 11.3 Å². The van der Waals surface area contributed by atoms with Crippen LogP contribution in [0.5, 0.6) is 0 Å². The summed E-state index contributed by atoms with van der Waals surface area (Å²) in [5.41, 5.74) is 1.84. The second-order valence-corrected chi connectivity index (χ2v) is 4.60. The van der Waals surface area contributed by atoms with Crippen LogP contribution in [0, 0.1) is 5.92 Å². The molecule has 16 heavy (non-hydrogen) atoms. The van der Waals surface area contributed by atoms with Crippen molar-refractivity contribution in [2.75, 3.05) is 0 Å². The highest BCUT2D eigenvalue weighted by Crippen LogP contribution is 2.21. The van der Waals surface area contributed by atoms with Crippen molar-refractivity contribution in [1.82, 2.24) is 9.97 Å². The van der Waals surface area contributed by atoms with Gasteiger partial charge in [-0.1, -0.05) is 6.92 Å². The summed E-state index contributed by atoms with van der Waals surface area (Å²) in [5.74, 6) is -1.17. The number of rotatable bonds is 4. The summed E-state index contributed by atoms with van der Waals surface area (Å²) in [6, 6.07) is 3.85. The lowest BCUT2D eigenvalue weighted by atomic mass is 10.1. The molecule has 0 aliphatic heterocycles. The molecule has 1 unspecified atom stereocenters. The summed E-state index contributed by atoms with van der Waals surface area (Å²) in [7, 11) is 0. The van der Waals surface area contributed by atoms with Crippen LogP contribution in [0.15, 0.2) is 23.7 Å². The van der Waals surface area contributed by atoms with Crippen molar-refractivity contribution < 1.29 is 9.90 Å². The van der Waals surface area contributed by atoms with Crippen LogP contribution in [0.1, 0.15) is 11.9 Å². The van der Waals surface area contributed by atoms with E-state index in [1.807, 2.05) is 23.7 Å². The molecule has 2 N–H and O–H groups in total. The molecule has 0 aromatic carbocycles. The number of hydrogen-bond acceptors (Lipinski definition) is 3. The number of carboxylic acids is 1. The fraction of sp³-hybridized carbons (Fsp3) is 0.273. The molecule has 0 radical (unpaired) electrons. The minimum atomic E-state index is -0.781. The van der Waals surface area contributed by atoms with Crippen molar-refractivity contribution in [3.05, 3.63) is 28.7 Å². The van der Waals surface area contributed by atoms with Crippen molar-refractivity contribution in [2.24, 2.45) is 5.92 Å². The Hall–Kier alpha value is -1.62. The zero-order valence-corrected chi connectivity index (χ0v) is 9.62. The summed E-state index contributed by atoms with van der Waals surface area (Å²) >= 11 is 1.50. The van der Waals surface area contributed by atoms with Crippen molar-refractivity contribution in [2.45, 2.75) is 13.3 Å². The van der Waals surface area contributed by atoms with E-state index in [-0.39, 0.29) is 5.92 Å². The number of aliphatic carboxylic acids is 1. The van der Waals surface area contributed by atoms with Crippen molar-refractivity contribution in [3.8, 4) is 11.4 Å². The zero-order chi connectivity index (χ0) is 11.5. The number of nitrogens with zero attached hydrogens (tertiary/aromatic N) is 1. The lowest BCUT2D eigenvalue weighted by molar-refractivity contribution is -0.141. The maximum Gasteiger partial charge on any atom is 0.306 e. The van der Waals surface area contributed by atoms with Gasteiger partial charge < -0.3 is 10.1 Å². The first-order valence-corrected chi connectivity index (χ1v) is 5.85. The van der Waals surface area contributed by atoms with Crippen LogP contribution in [0.4, 0.5) is 0 Å². The Morgan fingerprint density at radius 3 is 3.12 bits per heavy atom. The monoisotopic (exact) mass is 236 g/mol. The summed E-state index contributed by atoms with van der Waals surface area (Å²) in [6.45, 7) is 1.69. The molecule has 0 aliphatic rings. The highest BCUT2D eigenvalue weighted by Gasteiger charge is 2.14. The van der Waals surface area contributed by atoms with Gasteiger partial charge in [-0.25, -0.2) is 4.98 Å². The molecule has 0 saturated carbocycles. The van der Waals surface area contributed by atoms with E-state index >= 15 is 0 Å². The molecule has 0 fully saturated rings. The average Bonchev–Trinajstić information content (AvgIpc) is 2.85. The van der Waals surface area contributed by atoms with Gasteiger partial charge >= 0.3 is 5.97 Å². The fourth-order valence-corrected chi connectivity index (χ4v) is 2.29. The van der Waals surface area contributed by atoms with Gasteiger partial charge in [0.05, 0.1) is 22.3 Å². The number of aromatic nitrogens is 2. The largest absolute Gasteiger partial charge is 0.481 e. The predicted molar refractivity (Wildman–Crippen MR) is 62.4 cm³/mol.